The van der Waals surface area contributed by atoms with Crippen LogP contribution in [0.2, 0.25) is 0 Å². The minimum absolute atomic E-state index is 0.492. The summed E-state index contributed by atoms with van der Waals surface area (Å²) in [5.41, 5.74) is 1.46. The van der Waals surface area contributed by atoms with Gasteiger partial charge in [0.15, 0.2) is 0 Å². The third kappa shape index (κ3) is 2.65. The van der Waals surface area contributed by atoms with Gasteiger partial charge in [-0.05, 0) is 42.8 Å². The Morgan fingerprint density at radius 1 is 1.00 bits per heavy atom. The Morgan fingerprint density at radius 3 is 2.79 bits per heavy atom. The molecule has 1 unspecified atom stereocenters. The summed E-state index contributed by atoms with van der Waals surface area (Å²) in [4.78, 5) is 2.60. The van der Waals surface area contributed by atoms with Crippen LogP contribution in [-0.4, -0.2) is 31.1 Å². The largest absolute Gasteiger partial charge is 0.315 e. The van der Waals surface area contributed by atoms with E-state index in [0.717, 1.165) is 19.6 Å². The second-order valence-electron chi connectivity index (χ2n) is 5.38. The van der Waals surface area contributed by atoms with Crippen LogP contribution in [-0.2, 0) is 0 Å². The first-order valence-electron chi connectivity index (χ1n) is 7.29. The van der Waals surface area contributed by atoms with Crippen molar-refractivity contribution in [3.63, 3.8) is 0 Å². The van der Waals surface area contributed by atoms with E-state index in [1.807, 2.05) is 0 Å². The molecule has 0 bridgehead atoms. The molecule has 2 aromatic carbocycles. The van der Waals surface area contributed by atoms with E-state index in [4.69, 9.17) is 0 Å². The van der Waals surface area contributed by atoms with Crippen LogP contribution in [0.15, 0.2) is 42.5 Å². The van der Waals surface area contributed by atoms with Crippen molar-refractivity contribution in [3.8, 4) is 0 Å². The minimum atomic E-state index is 0.492. The molecular formula is C17H22N2. The summed E-state index contributed by atoms with van der Waals surface area (Å²) >= 11 is 0. The van der Waals surface area contributed by atoms with Crippen molar-refractivity contribution in [1.29, 1.82) is 0 Å². The van der Waals surface area contributed by atoms with Crippen LogP contribution in [0.25, 0.3) is 10.8 Å². The minimum Gasteiger partial charge on any atom is -0.315 e. The number of benzene rings is 2. The number of rotatable bonds is 2. The lowest BCUT2D eigenvalue weighted by Gasteiger charge is -2.28. The van der Waals surface area contributed by atoms with Gasteiger partial charge in [-0.3, -0.25) is 4.90 Å². The van der Waals surface area contributed by atoms with E-state index < -0.39 is 0 Å². The second kappa shape index (κ2) is 5.72. The van der Waals surface area contributed by atoms with Gasteiger partial charge in [-0.25, -0.2) is 0 Å². The molecule has 1 aliphatic heterocycles. The lowest BCUT2D eigenvalue weighted by molar-refractivity contribution is 0.226. The first kappa shape index (κ1) is 12.6. The second-order valence-corrected chi connectivity index (χ2v) is 5.38. The normalized spacial score (nSPS) is 19.2. The van der Waals surface area contributed by atoms with Gasteiger partial charge in [0.05, 0.1) is 0 Å². The number of hydrogen-bond acceptors (Lipinski definition) is 2. The Morgan fingerprint density at radius 2 is 1.84 bits per heavy atom. The van der Waals surface area contributed by atoms with Crippen LogP contribution in [0.4, 0.5) is 0 Å². The fraction of sp³-hybridized carbons (Fsp3) is 0.412. The highest BCUT2D eigenvalue weighted by atomic mass is 15.2. The average molecular weight is 254 g/mol. The molecule has 0 aliphatic carbocycles. The van der Waals surface area contributed by atoms with Gasteiger partial charge in [-0.15, -0.1) is 0 Å². The number of nitrogens with zero attached hydrogens (tertiary/aromatic N) is 1. The molecule has 1 atom stereocenters. The standard InChI is InChI=1S/C17H22N2/c1-14(19-12-5-10-18-11-13-19)16-9-4-7-15-6-2-3-8-17(15)16/h2-4,6-9,14,18H,5,10-13H2,1H3. The highest BCUT2D eigenvalue weighted by Gasteiger charge is 2.18. The molecule has 3 rings (SSSR count). The maximum atomic E-state index is 3.48. The topological polar surface area (TPSA) is 15.3 Å². The van der Waals surface area contributed by atoms with Crippen molar-refractivity contribution >= 4 is 10.8 Å². The molecule has 0 radical (unpaired) electrons. The molecule has 2 heteroatoms. The summed E-state index contributed by atoms with van der Waals surface area (Å²) in [5, 5.41) is 6.22. The number of fused-ring (bicyclic) bond motifs is 1. The fourth-order valence-electron chi connectivity index (χ4n) is 3.07. The van der Waals surface area contributed by atoms with Gasteiger partial charge in [0, 0.05) is 19.1 Å². The van der Waals surface area contributed by atoms with Crippen LogP contribution in [0.1, 0.15) is 24.9 Å². The van der Waals surface area contributed by atoms with E-state index >= 15 is 0 Å². The third-order valence-electron chi connectivity index (χ3n) is 4.20. The Labute approximate surface area is 115 Å². The third-order valence-corrected chi connectivity index (χ3v) is 4.20. The highest BCUT2D eigenvalue weighted by Crippen LogP contribution is 2.28. The molecule has 2 aromatic rings. The molecular weight excluding hydrogens is 232 g/mol. The summed E-state index contributed by atoms with van der Waals surface area (Å²) in [7, 11) is 0. The van der Waals surface area contributed by atoms with Crippen LogP contribution in [0, 0.1) is 0 Å². The predicted octanol–water partition coefficient (Wildman–Crippen LogP) is 3.20. The van der Waals surface area contributed by atoms with Gasteiger partial charge >= 0.3 is 0 Å². The molecule has 100 valence electrons. The molecule has 0 aromatic heterocycles. The molecule has 1 fully saturated rings. The summed E-state index contributed by atoms with van der Waals surface area (Å²) in [6, 6.07) is 15.9. The van der Waals surface area contributed by atoms with E-state index in [9.17, 15) is 0 Å². The average Bonchev–Trinajstić information content (AvgIpc) is 2.75. The molecule has 1 heterocycles. The lowest BCUT2D eigenvalue weighted by Crippen LogP contribution is -2.30. The Kier molecular flexibility index (Phi) is 3.81. The first-order chi connectivity index (χ1) is 9.36. The predicted molar refractivity (Wildman–Crippen MR) is 81.4 cm³/mol. The molecule has 19 heavy (non-hydrogen) atoms. The molecule has 0 amide bonds. The zero-order valence-electron chi connectivity index (χ0n) is 11.6. The molecule has 0 spiro atoms. The van der Waals surface area contributed by atoms with Gasteiger partial charge in [-0.1, -0.05) is 42.5 Å². The molecule has 0 saturated carbocycles. The lowest BCUT2D eigenvalue weighted by atomic mass is 9.98. The summed E-state index contributed by atoms with van der Waals surface area (Å²) in [5.74, 6) is 0. The number of hydrogen-bond donors (Lipinski definition) is 1. The Balaban J connectivity index is 1.94. The summed E-state index contributed by atoms with van der Waals surface area (Å²) in [6.07, 6.45) is 1.25. The molecule has 1 aliphatic rings. The van der Waals surface area contributed by atoms with E-state index in [2.05, 4.69) is 59.6 Å². The van der Waals surface area contributed by atoms with Crippen molar-refractivity contribution in [2.75, 3.05) is 26.2 Å². The van der Waals surface area contributed by atoms with Crippen molar-refractivity contribution in [2.45, 2.75) is 19.4 Å². The van der Waals surface area contributed by atoms with Crippen LogP contribution in [0.3, 0.4) is 0 Å². The molecule has 2 nitrogen and oxygen atoms in total. The zero-order valence-corrected chi connectivity index (χ0v) is 11.6. The van der Waals surface area contributed by atoms with E-state index in [0.29, 0.717) is 6.04 Å². The Bertz CT molecular complexity index is 536. The van der Waals surface area contributed by atoms with E-state index in [1.54, 1.807) is 0 Å². The van der Waals surface area contributed by atoms with Gasteiger partial charge in [0.1, 0.15) is 0 Å². The SMILES string of the molecule is CC(c1cccc2ccccc12)N1CCCNCC1. The van der Waals surface area contributed by atoms with Crippen molar-refractivity contribution in [2.24, 2.45) is 0 Å². The van der Waals surface area contributed by atoms with Gasteiger partial charge in [-0.2, -0.15) is 0 Å². The van der Waals surface area contributed by atoms with E-state index in [-0.39, 0.29) is 0 Å². The number of nitrogens with one attached hydrogen (secondary N) is 1. The smallest absolute Gasteiger partial charge is 0.0326 e. The van der Waals surface area contributed by atoms with Gasteiger partial charge in [0.2, 0.25) is 0 Å². The van der Waals surface area contributed by atoms with Gasteiger partial charge in [0.25, 0.3) is 0 Å². The van der Waals surface area contributed by atoms with Crippen LogP contribution < -0.4 is 5.32 Å². The fourth-order valence-corrected chi connectivity index (χ4v) is 3.07. The zero-order chi connectivity index (χ0) is 13.1. The molecule has 1 saturated heterocycles. The van der Waals surface area contributed by atoms with Crippen LogP contribution in [0.5, 0.6) is 0 Å². The maximum absolute atomic E-state index is 3.48. The van der Waals surface area contributed by atoms with Crippen molar-refractivity contribution in [1.82, 2.24) is 10.2 Å². The van der Waals surface area contributed by atoms with Crippen molar-refractivity contribution < 1.29 is 0 Å². The summed E-state index contributed by atoms with van der Waals surface area (Å²) < 4.78 is 0. The summed E-state index contributed by atoms with van der Waals surface area (Å²) in [6.45, 7) is 6.93. The van der Waals surface area contributed by atoms with E-state index in [1.165, 1.54) is 29.3 Å². The van der Waals surface area contributed by atoms with Crippen molar-refractivity contribution in [3.05, 3.63) is 48.0 Å². The maximum Gasteiger partial charge on any atom is 0.0326 e. The van der Waals surface area contributed by atoms with Gasteiger partial charge < -0.3 is 5.32 Å². The molecule has 1 N–H and O–H groups in total. The Hall–Kier alpha value is -1.38. The highest BCUT2D eigenvalue weighted by molar-refractivity contribution is 5.86. The van der Waals surface area contributed by atoms with Crippen LogP contribution >= 0.6 is 0 Å². The first-order valence-corrected chi connectivity index (χ1v) is 7.29. The quantitative estimate of drug-likeness (QED) is 0.885. The monoisotopic (exact) mass is 254 g/mol.